The first-order valence-electron chi connectivity index (χ1n) is 16.0. The molecule has 0 aromatic rings. The number of carbonyl (C=O) groups excluding carboxylic acids is 3. The molecule has 45 heavy (non-hydrogen) atoms. The molecule has 2 rings (SSSR count). The number of hydrogen-bond acceptors (Lipinski definition) is 14. The zero-order chi connectivity index (χ0) is 33.9. The summed E-state index contributed by atoms with van der Waals surface area (Å²) in [5, 5.41) is 51.2. The molecule has 0 aromatic carbocycles. The van der Waals surface area contributed by atoms with Crippen LogP contribution in [0.5, 0.6) is 0 Å². The Bertz CT molecular complexity index is 926. The van der Waals surface area contributed by atoms with Crippen LogP contribution in [0.1, 0.15) is 86.5 Å². The van der Waals surface area contributed by atoms with E-state index in [2.05, 4.69) is 13.8 Å². The molecular formula is C31H54O14. The van der Waals surface area contributed by atoms with Gasteiger partial charge >= 0.3 is 17.9 Å². The van der Waals surface area contributed by atoms with Crippen molar-refractivity contribution in [2.24, 2.45) is 17.8 Å². The summed E-state index contributed by atoms with van der Waals surface area (Å²) >= 11 is 0. The molecule has 0 aliphatic carbocycles. The third kappa shape index (κ3) is 11.1. The minimum absolute atomic E-state index is 0.00381. The van der Waals surface area contributed by atoms with E-state index < -0.39 is 98.5 Å². The average molecular weight is 651 g/mol. The molecule has 5 N–H and O–H groups in total. The largest absolute Gasteiger partial charge is 0.455 e. The van der Waals surface area contributed by atoms with E-state index in [9.17, 15) is 39.9 Å². The van der Waals surface area contributed by atoms with E-state index >= 15 is 0 Å². The second-order valence-electron chi connectivity index (χ2n) is 13.0. The zero-order valence-corrected chi connectivity index (χ0v) is 27.3. The number of ether oxygens (including phenoxy) is 6. The van der Waals surface area contributed by atoms with Gasteiger partial charge in [-0.1, -0.05) is 67.2 Å². The standard InChI is InChI=1S/C31H54O14/c1-17(2)11-9-7-8-10-12-22(35)41-26-25(42-23(36)13-18(3)4)21(15-33)40-30(27(26)43-29(39)19(5)6)45-31(16-34)28(38)24(37)20(14-32)44-31/h17-21,24-28,30,32-34,37-38H,7-16H2,1-6H3/t20-,21-,24-,25-,26+,27-,28+,30-,31+/m1/s1. The molecule has 2 aliphatic heterocycles. The van der Waals surface area contributed by atoms with E-state index in [0.717, 1.165) is 25.7 Å². The first-order chi connectivity index (χ1) is 21.2. The van der Waals surface area contributed by atoms with Gasteiger partial charge in [0.2, 0.25) is 12.1 Å². The van der Waals surface area contributed by atoms with Gasteiger partial charge in [0.15, 0.2) is 18.3 Å². The van der Waals surface area contributed by atoms with Gasteiger partial charge in [-0.05, 0) is 18.3 Å². The Morgan fingerprint density at radius 1 is 0.756 bits per heavy atom. The predicted octanol–water partition coefficient (Wildman–Crippen LogP) is 0.956. The van der Waals surface area contributed by atoms with Crippen molar-refractivity contribution in [3.63, 3.8) is 0 Å². The van der Waals surface area contributed by atoms with Crippen LogP contribution >= 0.6 is 0 Å². The quantitative estimate of drug-likeness (QED) is 0.0796. The first kappa shape index (κ1) is 39.3. The molecule has 2 saturated heterocycles. The number of aliphatic hydroxyl groups is 5. The van der Waals surface area contributed by atoms with Crippen LogP contribution in [0.15, 0.2) is 0 Å². The van der Waals surface area contributed by atoms with E-state index in [1.54, 1.807) is 27.7 Å². The number of unbranched alkanes of at least 4 members (excludes halogenated alkanes) is 3. The first-order valence-corrected chi connectivity index (χ1v) is 16.0. The maximum Gasteiger partial charge on any atom is 0.308 e. The third-order valence-electron chi connectivity index (χ3n) is 7.74. The van der Waals surface area contributed by atoms with Gasteiger partial charge in [-0.25, -0.2) is 0 Å². The molecule has 0 aromatic heterocycles. The molecule has 14 heteroatoms. The maximum atomic E-state index is 13.2. The second-order valence-corrected chi connectivity index (χ2v) is 13.0. The van der Waals surface area contributed by atoms with Crippen molar-refractivity contribution in [3.05, 3.63) is 0 Å². The lowest BCUT2D eigenvalue weighted by Crippen LogP contribution is -2.65. The number of aliphatic hydroxyl groups excluding tert-OH is 5. The molecule has 0 saturated carbocycles. The summed E-state index contributed by atoms with van der Waals surface area (Å²) in [6.07, 6.45) is -8.33. The van der Waals surface area contributed by atoms with Crippen molar-refractivity contribution >= 4 is 17.9 Å². The Hall–Kier alpha value is -1.91. The fourth-order valence-electron chi connectivity index (χ4n) is 5.18. The Morgan fingerprint density at radius 3 is 1.91 bits per heavy atom. The minimum atomic E-state index is -2.37. The highest BCUT2D eigenvalue weighted by molar-refractivity contribution is 5.72. The number of rotatable bonds is 18. The molecule has 2 aliphatic rings. The van der Waals surface area contributed by atoms with Gasteiger partial charge < -0.3 is 54.0 Å². The number of esters is 3. The lowest BCUT2D eigenvalue weighted by atomic mass is 9.97. The van der Waals surface area contributed by atoms with E-state index in [1.165, 1.54) is 0 Å². The van der Waals surface area contributed by atoms with Gasteiger partial charge in [-0.15, -0.1) is 0 Å². The van der Waals surface area contributed by atoms with Crippen molar-refractivity contribution in [1.29, 1.82) is 0 Å². The highest BCUT2D eigenvalue weighted by Crippen LogP contribution is 2.38. The van der Waals surface area contributed by atoms with Crippen molar-refractivity contribution in [2.45, 2.75) is 141 Å². The molecule has 2 fully saturated rings. The summed E-state index contributed by atoms with van der Waals surface area (Å²) in [6, 6.07) is 0. The Labute approximate surface area is 265 Å². The Morgan fingerprint density at radius 2 is 1.38 bits per heavy atom. The Balaban J connectivity index is 2.43. The lowest BCUT2D eigenvalue weighted by molar-refractivity contribution is -0.384. The molecule has 9 atom stereocenters. The molecule has 0 bridgehead atoms. The molecule has 2 heterocycles. The fraction of sp³-hybridized carbons (Fsp3) is 0.903. The maximum absolute atomic E-state index is 13.2. The average Bonchev–Trinajstić information content (AvgIpc) is 3.21. The molecule has 0 radical (unpaired) electrons. The zero-order valence-electron chi connectivity index (χ0n) is 27.3. The number of carbonyl (C=O) groups is 3. The smallest absolute Gasteiger partial charge is 0.308 e. The summed E-state index contributed by atoms with van der Waals surface area (Å²) in [6.45, 7) is 8.47. The summed E-state index contributed by atoms with van der Waals surface area (Å²) in [7, 11) is 0. The van der Waals surface area contributed by atoms with Crippen molar-refractivity contribution in [1.82, 2.24) is 0 Å². The summed E-state index contributed by atoms with van der Waals surface area (Å²) in [4.78, 5) is 38.9. The van der Waals surface area contributed by atoms with Gasteiger partial charge in [0, 0.05) is 12.8 Å². The predicted molar refractivity (Wildman–Crippen MR) is 157 cm³/mol. The van der Waals surface area contributed by atoms with Crippen molar-refractivity contribution < 1.29 is 68.3 Å². The highest BCUT2D eigenvalue weighted by atomic mass is 16.8. The van der Waals surface area contributed by atoms with Crippen LogP contribution in [0, 0.1) is 17.8 Å². The highest BCUT2D eigenvalue weighted by Gasteiger charge is 2.60. The molecular weight excluding hydrogens is 596 g/mol. The SMILES string of the molecule is CC(C)CCCCCCC(=O)O[C@@H]1[C@@H](OC(=O)C(C)C)[C@@H](O[C@]2(CO)O[C@H](CO)[C@@H](O)[C@@H]2O)O[C@H](CO)[C@H]1OC(=O)CC(C)C. The van der Waals surface area contributed by atoms with Gasteiger partial charge in [-0.2, -0.15) is 0 Å². The van der Waals surface area contributed by atoms with Gasteiger partial charge in [0.1, 0.15) is 31.0 Å². The minimum Gasteiger partial charge on any atom is -0.455 e. The van der Waals surface area contributed by atoms with Crippen LogP contribution in [0.3, 0.4) is 0 Å². The second kappa shape index (κ2) is 18.4. The Kier molecular flexibility index (Phi) is 16.1. The number of hydrogen-bond donors (Lipinski definition) is 5. The van der Waals surface area contributed by atoms with Crippen LogP contribution in [-0.4, -0.2) is 118 Å². The molecule has 262 valence electrons. The summed E-state index contributed by atoms with van der Waals surface area (Å²) < 4.78 is 34.4. The third-order valence-corrected chi connectivity index (χ3v) is 7.74. The van der Waals surface area contributed by atoms with E-state index in [4.69, 9.17) is 28.4 Å². The summed E-state index contributed by atoms with van der Waals surface area (Å²) in [5.74, 6) is -4.67. The van der Waals surface area contributed by atoms with Gasteiger partial charge in [-0.3, -0.25) is 14.4 Å². The summed E-state index contributed by atoms with van der Waals surface area (Å²) in [5.41, 5.74) is 0. The van der Waals surface area contributed by atoms with Gasteiger partial charge in [0.25, 0.3) is 0 Å². The van der Waals surface area contributed by atoms with E-state index in [1.807, 2.05) is 0 Å². The van der Waals surface area contributed by atoms with Gasteiger partial charge in [0.05, 0.1) is 19.1 Å². The molecule has 0 amide bonds. The van der Waals surface area contributed by atoms with Crippen LogP contribution in [0.2, 0.25) is 0 Å². The van der Waals surface area contributed by atoms with Crippen molar-refractivity contribution in [3.8, 4) is 0 Å². The fourth-order valence-corrected chi connectivity index (χ4v) is 5.18. The molecule has 0 unspecified atom stereocenters. The van der Waals surface area contributed by atoms with Crippen molar-refractivity contribution in [2.75, 3.05) is 19.8 Å². The molecule has 14 nitrogen and oxygen atoms in total. The van der Waals surface area contributed by atoms with Crippen LogP contribution in [0.25, 0.3) is 0 Å². The van der Waals surface area contributed by atoms with Crippen LogP contribution in [-0.2, 0) is 42.8 Å². The monoisotopic (exact) mass is 650 g/mol. The van der Waals surface area contributed by atoms with E-state index in [-0.39, 0.29) is 18.8 Å². The normalized spacial score (nSPS) is 31.9. The van der Waals surface area contributed by atoms with Crippen LogP contribution < -0.4 is 0 Å². The lowest BCUT2D eigenvalue weighted by Gasteiger charge is -2.46. The molecule has 0 spiro atoms. The topological polar surface area (TPSA) is 208 Å². The van der Waals surface area contributed by atoms with E-state index in [0.29, 0.717) is 12.3 Å². The van der Waals surface area contributed by atoms with Crippen LogP contribution in [0.4, 0.5) is 0 Å².